The summed E-state index contributed by atoms with van der Waals surface area (Å²) in [4.78, 5) is 29.0. The van der Waals surface area contributed by atoms with Gasteiger partial charge in [0, 0.05) is 24.9 Å². The molecule has 0 aromatic heterocycles. The van der Waals surface area contributed by atoms with Crippen LogP contribution in [0.25, 0.3) is 0 Å². The van der Waals surface area contributed by atoms with Gasteiger partial charge in [0.15, 0.2) is 6.29 Å². The van der Waals surface area contributed by atoms with Crippen molar-refractivity contribution in [2.75, 3.05) is 32.8 Å². The van der Waals surface area contributed by atoms with Crippen LogP contribution in [0.2, 0.25) is 0 Å². The van der Waals surface area contributed by atoms with Gasteiger partial charge in [-0.2, -0.15) is 0 Å². The maximum Gasteiger partial charge on any atom is 0.223 e. The first-order valence-corrected chi connectivity index (χ1v) is 20.5. The Bertz CT molecular complexity index is 1340. The van der Waals surface area contributed by atoms with E-state index >= 15 is 0 Å². The van der Waals surface area contributed by atoms with Gasteiger partial charge in [0.05, 0.1) is 43.6 Å². The van der Waals surface area contributed by atoms with Gasteiger partial charge < -0.3 is 29.0 Å². The molecule has 3 heterocycles. The van der Waals surface area contributed by atoms with Crippen molar-refractivity contribution in [3.63, 3.8) is 0 Å². The molecule has 8 nitrogen and oxygen atoms in total. The normalized spacial score (nSPS) is 53.1. The van der Waals surface area contributed by atoms with Crippen LogP contribution >= 0.6 is 0 Å². The number of nitrogens with zero attached hydrogens (tertiary/aromatic N) is 2. The second-order valence-electron chi connectivity index (χ2n) is 19.9. The Morgan fingerprint density at radius 1 is 0.980 bits per heavy atom. The predicted octanol–water partition coefficient (Wildman–Crippen LogP) is 5.83. The fourth-order valence-electron chi connectivity index (χ4n) is 15.0. The molecule has 6 saturated carbocycles. The lowest BCUT2D eigenvalue weighted by molar-refractivity contribution is -0.248. The number of amides is 1. The minimum absolute atomic E-state index is 0.0274. The summed E-state index contributed by atoms with van der Waals surface area (Å²) in [6.07, 6.45) is 15.0. The van der Waals surface area contributed by atoms with Crippen LogP contribution in [0.4, 0.5) is 0 Å². The molecule has 49 heavy (non-hydrogen) atoms. The number of aldehydes is 1. The van der Waals surface area contributed by atoms with Crippen LogP contribution in [0.15, 0.2) is 0 Å². The van der Waals surface area contributed by atoms with E-state index in [0.717, 1.165) is 45.1 Å². The van der Waals surface area contributed by atoms with Gasteiger partial charge in [0.25, 0.3) is 0 Å². The molecule has 14 atom stereocenters. The molecule has 3 aliphatic heterocycles. The van der Waals surface area contributed by atoms with E-state index in [0.29, 0.717) is 66.5 Å². The number of hydrogen-bond donors (Lipinski definition) is 1. The Morgan fingerprint density at radius 2 is 1.76 bits per heavy atom. The minimum Gasteiger partial charge on any atom is -0.390 e. The molecule has 9 rings (SSSR count). The Morgan fingerprint density at radius 3 is 2.53 bits per heavy atom. The van der Waals surface area contributed by atoms with Crippen molar-refractivity contribution < 1.29 is 28.9 Å². The fraction of sp³-hybridized carbons (Fsp3) is 0.951. The quantitative estimate of drug-likeness (QED) is 0.339. The molecule has 9 aliphatic rings. The van der Waals surface area contributed by atoms with E-state index in [1.165, 1.54) is 51.4 Å². The van der Waals surface area contributed by atoms with Crippen LogP contribution < -0.4 is 0 Å². The lowest BCUT2D eigenvalue weighted by Gasteiger charge is -2.64. The topological polar surface area (TPSA) is 88.5 Å². The third kappa shape index (κ3) is 4.71. The molecular formula is C41H64N2O6. The SMILES string of the molecule is C[C@@H]1CC(CN2CCCC2C=O)OC2[C@H]1C1(C)CCC34CC35CCC(O[C@H]3CN(C(=O)CC6CC6)CCO3)C(C)(C)[C@@H]5CCC4[C@]1(C)[C@H]2O. The summed E-state index contributed by atoms with van der Waals surface area (Å²) in [6.45, 7) is 16.0. The monoisotopic (exact) mass is 680 g/mol. The van der Waals surface area contributed by atoms with Crippen molar-refractivity contribution in [1.82, 2.24) is 9.80 Å². The van der Waals surface area contributed by atoms with Crippen molar-refractivity contribution in [2.45, 2.75) is 155 Å². The largest absolute Gasteiger partial charge is 0.390 e. The van der Waals surface area contributed by atoms with E-state index in [1.54, 1.807) is 0 Å². The lowest BCUT2D eigenvalue weighted by atomic mass is 9.41. The molecule has 274 valence electrons. The van der Waals surface area contributed by atoms with Crippen molar-refractivity contribution in [2.24, 2.45) is 56.7 Å². The summed E-state index contributed by atoms with van der Waals surface area (Å²) in [5.74, 6) is 2.87. The molecule has 8 unspecified atom stereocenters. The van der Waals surface area contributed by atoms with Crippen molar-refractivity contribution in [1.29, 1.82) is 0 Å². The zero-order valence-electron chi connectivity index (χ0n) is 31.0. The Hall–Kier alpha value is -1.06. The molecule has 3 saturated heterocycles. The standard InChI is InChI=1S/C41H64N2O6/c1-25-19-28(21-42-16-6-7-27(42)23-44)48-35-34(25)38(4)14-15-41-24-40(41)13-12-31(37(2,3)29(40)10-11-30(41)39(38,5)36(35)46)49-33-22-43(17-18-47-33)32(45)20-26-8-9-26/h23,25-31,33-36,46H,6-22,24H2,1-5H3/t25-,27?,28?,29+,30?,31?,33+,34+,35?,36+,38?,39-,40?,41?/m1/s1. The van der Waals surface area contributed by atoms with Gasteiger partial charge in [-0.1, -0.05) is 34.6 Å². The highest BCUT2D eigenvalue weighted by Gasteiger charge is 2.84. The molecule has 6 aliphatic carbocycles. The Balaban J connectivity index is 0.916. The summed E-state index contributed by atoms with van der Waals surface area (Å²) in [7, 11) is 0. The highest BCUT2D eigenvalue weighted by atomic mass is 16.7. The van der Waals surface area contributed by atoms with Crippen LogP contribution in [0.1, 0.15) is 118 Å². The van der Waals surface area contributed by atoms with Crippen LogP contribution in [0, 0.1) is 56.7 Å². The van der Waals surface area contributed by atoms with Crippen molar-refractivity contribution >= 4 is 12.2 Å². The third-order valence-electron chi connectivity index (χ3n) is 17.7. The smallest absolute Gasteiger partial charge is 0.223 e. The van der Waals surface area contributed by atoms with Crippen LogP contribution in [0.3, 0.4) is 0 Å². The summed E-state index contributed by atoms with van der Waals surface area (Å²) >= 11 is 0. The van der Waals surface area contributed by atoms with Crippen LogP contribution in [-0.4, -0.2) is 96.6 Å². The molecule has 0 aromatic carbocycles. The molecule has 1 amide bonds. The second-order valence-corrected chi connectivity index (χ2v) is 19.9. The number of carbonyl (C=O) groups is 2. The van der Waals surface area contributed by atoms with Gasteiger partial charge >= 0.3 is 0 Å². The van der Waals surface area contributed by atoms with Gasteiger partial charge in [-0.05, 0) is 135 Å². The summed E-state index contributed by atoms with van der Waals surface area (Å²) in [5, 5.41) is 12.6. The number of fused-ring (bicyclic) bond motifs is 4. The van der Waals surface area contributed by atoms with Gasteiger partial charge in [0.1, 0.15) is 6.29 Å². The summed E-state index contributed by atoms with van der Waals surface area (Å²) < 4.78 is 20.0. The highest BCUT2D eigenvalue weighted by molar-refractivity contribution is 5.76. The fourth-order valence-corrected chi connectivity index (χ4v) is 15.0. The number of rotatable bonds is 7. The van der Waals surface area contributed by atoms with E-state index in [4.69, 9.17) is 14.2 Å². The van der Waals surface area contributed by atoms with Crippen molar-refractivity contribution in [3.05, 3.63) is 0 Å². The van der Waals surface area contributed by atoms with Crippen LogP contribution in [0.5, 0.6) is 0 Å². The maximum absolute atomic E-state index is 12.9. The Kier molecular flexibility index (Phi) is 7.90. The average molecular weight is 681 g/mol. The zero-order valence-corrected chi connectivity index (χ0v) is 31.0. The second kappa shape index (κ2) is 11.5. The molecule has 0 bridgehead atoms. The molecule has 9 fully saturated rings. The third-order valence-corrected chi connectivity index (χ3v) is 17.7. The van der Waals surface area contributed by atoms with E-state index in [-0.39, 0.29) is 52.8 Å². The van der Waals surface area contributed by atoms with Gasteiger partial charge in [-0.15, -0.1) is 0 Å². The Labute approximate surface area is 294 Å². The van der Waals surface area contributed by atoms with E-state index < -0.39 is 6.10 Å². The number of likely N-dealkylation sites (tertiary alicyclic amines) is 1. The first kappa shape index (κ1) is 33.8. The van der Waals surface area contributed by atoms with Crippen molar-refractivity contribution in [3.8, 4) is 0 Å². The first-order chi connectivity index (χ1) is 23.4. The number of aliphatic hydroxyl groups excluding tert-OH is 1. The number of aliphatic hydroxyl groups is 1. The molecular weight excluding hydrogens is 616 g/mol. The van der Waals surface area contributed by atoms with Gasteiger partial charge in [-0.25, -0.2) is 0 Å². The molecule has 1 N–H and O–H groups in total. The molecule has 2 spiro atoms. The van der Waals surface area contributed by atoms with Gasteiger partial charge in [-0.3, -0.25) is 9.69 Å². The van der Waals surface area contributed by atoms with E-state index in [1.807, 2.05) is 4.90 Å². The molecule has 8 heteroatoms. The average Bonchev–Trinajstić information content (AvgIpc) is 3.95. The summed E-state index contributed by atoms with van der Waals surface area (Å²) in [6, 6.07) is 0.0274. The highest BCUT2D eigenvalue weighted by Crippen LogP contribution is 2.89. The zero-order chi connectivity index (χ0) is 34.1. The van der Waals surface area contributed by atoms with E-state index in [2.05, 4.69) is 39.5 Å². The van der Waals surface area contributed by atoms with Gasteiger partial charge in [0.2, 0.25) is 5.91 Å². The lowest BCUT2D eigenvalue weighted by Crippen LogP contribution is -2.60. The first-order valence-electron chi connectivity index (χ1n) is 20.5. The predicted molar refractivity (Wildman–Crippen MR) is 185 cm³/mol. The summed E-state index contributed by atoms with van der Waals surface area (Å²) in [5.41, 5.74) is 0.570. The minimum atomic E-state index is -0.453. The number of morpholine rings is 1. The molecule has 0 aromatic rings. The van der Waals surface area contributed by atoms with Crippen LogP contribution in [-0.2, 0) is 23.8 Å². The number of ether oxygens (including phenoxy) is 3. The van der Waals surface area contributed by atoms with E-state index in [9.17, 15) is 14.7 Å². The number of hydrogen-bond acceptors (Lipinski definition) is 7. The maximum atomic E-state index is 12.9. The number of carbonyl (C=O) groups excluding carboxylic acids is 2. The molecule has 0 radical (unpaired) electrons.